The summed E-state index contributed by atoms with van der Waals surface area (Å²) in [5, 5.41) is 0. The molecule has 2 aromatic rings. The van der Waals surface area contributed by atoms with Gasteiger partial charge in [-0.2, -0.15) is 0 Å². The van der Waals surface area contributed by atoms with E-state index in [0.717, 1.165) is 24.5 Å². The Morgan fingerprint density at radius 2 is 1.90 bits per heavy atom. The fraction of sp³-hybridized carbons (Fsp3) is 0.267. The van der Waals surface area contributed by atoms with Gasteiger partial charge in [0.1, 0.15) is 11.6 Å². The summed E-state index contributed by atoms with van der Waals surface area (Å²) >= 11 is 0. The Morgan fingerprint density at radius 1 is 1.15 bits per heavy atom. The minimum atomic E-state index is -0.569. The van der Waals surface area contributed by atoms with Crippen LogP contribution in [0.25, 0.3) is 0 Å². The highest BCUT2D eigenvalue weighted by Gasteiger charge is 2.12. The summed E-state index contributed by atoms with van der Waals surface area (Å²) in [5.41, 5.74) is 4.30. The smallest absolute Gasteiger partial charge is 0.129 e. The summed E-state index contributed by atoms with van der Waals surface area (Å²) in [5.74, 6) is 4.40. The van der Waals surface area contributed by atoms with Crippen molar-refractivity contribution in [3.8, 4) is 0 Å². The van der Waals surface area contributed by atoms with Crippen molar-refractivity contribution >= 4 is 0 Å². The topological polar surface area (TPSA) is 50.9 Å². The highest BCUT2D eigenvalue weighted by molar-refractivity contribution is 5.20. The normalized spacial score (nSPS) is 12.3. The second-order valence-electron chi connectivity index (χ2n) is 4.70. The van der Waals surface area contributed by atoms with E-state index in [4.69, 9.17) is 5.84 Å². The maximum atomic E-state index is 13.6. The molecule has 0 amide bonds. The van der Waals surface area contributed by atoms with E-state index in [1.807, 2.05) is 12.1 Å². The molecular weight excluding hydrogens is 260 g/mol. The van der Waals surface area contributed by atoms with Gasteiger partial charge in [-0.3, -0.25) is 16.3 Å². The molecule has 0 aliphatic heterocycles. The zero-order chi connectivity index (χ0) is 14.4. The first-order valence-corrected chi connectivity index (χ1v) is 6.48. The van der Waals surface area contributed by atoms with E-state index in [1.165, 1.54) is 12.1 Å². The van der Waals surface area contributed by atoms with Crippen LogP contribution in [0.4, 0.5) is 8.78 Å². The van der Waals surface area contributed by atoms with E-state index in [9.17, 15) is 8.78 Å². The SMILES string of the molecule is NNC(CCc1ccncc1)Cc1ccc(F)cc1F. The second-order valence-corrected chi connectivity index (χ2v) is 4.70. The van der Waals surface area contributed by atoms with Crippen molar-refractivity contribution in [1.29, 1.82) is 0 Å². The lowest BCUT2D eigenvalue weighted by molar-refractivity contribution is 0.477. The van der Waals surface area contributed by atoms with Crippen LogP contribution in [0.5, 0.6) is 0 Å². The molecule has 20 heavy (non-hydrogen) atoms. The summed E-state index contributed by atoms with van der Waals surface area (Å²) in [6.45, 7) is 0. The summed E-state index contributed by atoms with van der Waals surface area (Å²) in [7, 11) is 0. The van der Waals surface area contributed by atoms with Gasteiger partial charge in [-0.1, -0.05) is 6.07 Å². The average molecular weight is 277 g/mol. The van der Waals surface area contributed by atoms with Gasteiger partial charge >= 0.3 is 0 Å². The summed E-state index contributed by atoms with van der Waals surface area (Å²) < 4.78 is 26.4. The van der Waals surface area contributed by atoms with Crippen LogP contribution in [0.3, 0.4) is 0 Å². The van der Waals surface area contributed by atoms with Crippen LogP contribution in [0.1, 0.15) is 17.5 Å². The average Bonchev–Trinajstić information content (AvgIpc) is 2.46. The Balaban J connectivity index is 1.95. The molecule has 0 fully saturated rings. The summed E-state index contributed by atoms with van der Waals surface area (Å²) in [6.07, 6.45) is 5.48. The van der Waals surface area contributed by atoms with Crippen LogP contribution in [-0.2, 0) is 12.8 Å². The quantitative estimate of drug-likeness (QED) is 0.629. The third-order valence-electron chi connectivity index (χ3n) is 3.25. The third-order valence-corrected chi connectivity index (χ3v) is 3.25. The first-order valence-electron chi connectivity index (χ1n) is 6.48. The van der Waals surface area contributed by atoms with E-state index in [1.54, 1.807) is 12.4 Å². The van der Waals surface area contributed by atoms with Crippen LogP contribution < -0.4 is 11.3 Å². The fourth-order valence-electron chi connectivity index (χ4n) is 2.09. The number of rotatable bonds is 6. The molecule has 2 rings (SSSR count). The fourth-order valence-corrected chi connectivity index (χ4v) is 2.09. The zero-order valence-electron chi connectivity index (χ0n) is 11.0. The number of pyridine rings is 1. The first kappa shape index (κ1) is 14.6. The van der Waals surface area contributed by atoms with Gasteiger partial charge in [-0.25, -0.2) is 8.78 Å². The Kier molecular flexibility index (Phi) is 5.15. The largest absolute Gasteiger partial charge is 0.271 e. The van der Waals surface area contributed by atoms with Gasteiger partial charge < -0.3 is 0 Å². The minimum absolute atomic E-state index is 0.0665. The molecule has 1 aromatic heterocycles. The van der Waals surface area contributed by atoms with Crippen molar-refractivity contribution < 1.29 is 8.78 Å². The molecule has 3 nitrogen and oxygen atoms in total. The monoisotopic (exact) mass is 277 g/mol. The van der Waals surface area contributed by atoms with Crippen LogP contribution in [0, 0.1) is 11.6 Å². The maximum Gasteiger partial charge on any atom is 0.129 e. The van der Waals surface area contributed by atoms with Crippen molar-refractivity contribution in [1.82, 2.24) is 10.4 Å². The Hall–Kier alpha value is -1.85. The van der Waals surface area contributed by atoms with E-state index >= 15 is 0 Å². The van der Waals surface area contributed by atoms with Gasteiger partial charge in [0.25, 0.3) is 0 Å². The molecule has 1 aromatic carbocycles. The Morgan fingerprint density at radius 3 is 2.55 bits per heavy atom. The first-order chi connectivity index (χ1) is 9.69. The number of aromatic nitrogens is 1. The number of nitrogens with two attached hydrogens (primary N) is 1. The molecular formula is C15H17F2N3. The molecule has 0 saturated carbocycles. The molecule has 5 heteroatoms. The van der Waals surface area contributed by atoms with Gasteiger partial charge in [0.05, 0.1) is 0 Å². The number of hydrogen-bond donors (Lipinski definition) is 2. The molecule has 1 heterocycles. The van der Waals surface area contributed by atoms with Crippen molar-refractivity contribution in [3.63, 3.8) is 0 Å². The minimum Gasteiger partial charge on any atom is -0.271 e. The highest BCUT2D eigenvalue weighted by atomic mass is 19.1. The van der Waals surface area contributed by atoms with Crippen molar-refractivity contribution in [2.24, 2.45) is 5.84 Å². The van der Waals surface area contributed by atoms with Crippen LogP contribution >= 0.6 is 0 Å². The molecule has 0 saturated heterocycles. The second kappa shape index (κ2) is 7.07. The number of aryl methyl sites for hydroxylation is 1. The van der Waals surface area contributed by atoms with E-state index in [-0.39, 0.29) is 6.04 Å². The summed E-state index contributed by atoms with van der Waals surface area (Å²) in [6, 6.07) is 7.42. The van der Waals surface area contributed by atoms with E-state index < -0.39 is 11.6 Å². The number of benzene rings is 1. The van der Waals surface area contributed by atoms with Crippen LogP contribution in [0.15, 0.2) is 42.7 Å². The Bertz CT molecular complexity index is 546. The summed E-state index contributed by atoms with van der Waals surface area (Å²) in [4.78, 5) is 3.95. The number of nitrogens with zero attached hydrogens (tertiary/aromatic N) is 1. The molecule has 106 valence electrons. The van der Waals surface area contributed by atoms with Gasteiger partial charge in [0.2, 0.25) is 0 Å². The van der Waals surface area contributed by atoms with Gasteiger partial charge in [0.15, 0.2) is 0 Å². The predicted molar refractivity (Wildman–Crippen MR) is 73.7 cm³/mol. The molecule has 1 unspecified atom stereocenters. The van der Waals surface area contributed by atoms with Gasteiger partial charge in [-0.15, -0.1) is 0 Å². The van der Waals surface area contributed by atoms with Crippen molar-refractivity contribution in [2.45, 2.75) is 25.3 Å². The number of halogens is 2. The van der Waals surface area contributed by atoms with E-state index in [0.29, 0.717) is 12.0 Å². The molecule has 0 aliphatic carbocycles. The molecule has 1 atom stereocenters. The zero-order valence-corrected chi connectivity index (χ0v) is 11.0. The highest BCUT2D eigenvalue weighted by Crippen LogP contribution is 2.14. The van der Waals surface area contributed by atoms with Gasteiger partial charge in [0, 0.05) is 24.5 Å². The molecule has 0 aliphatic rings. The molecule has 3 N–H and O–H groups in total. The molecule has 0 bridgehead atoms. The predicted octanol–water partition coefficient (Wildman–Crippen LogP) is 2.37. The van der Waals surface area contributed by atoms with Crippen molar-refractivity contribution in [3.05, 3.63) is 65.5 Å². The van der Waals surface area contributed by atoms with Crippen molar-refractivity contribution in [2.75, 3.05) is 0 Å². The lowest BCUT2D eigenvalue weighted by atomic mass is 9.99. The van der Waals surface area contributed by atoms with Crippen LogP contribution in [0.2, 0.25) is 0 Å². The van der Waals surface area contributed by atoms with E-state index in [2.05, 4.69) is 10.4 Å². The number of hydrogen-bond acceptors (Lipinski definition) is 3. The lowest BCUT2D eigenvalue weighted by Gasteiger charge is -2.16. The maximum absolute atomic E-state index is 13.6. The Labute approximate surface area is 116 Å². The standard InChI is InChI=1S/C15H17F2N3/c16-13-3-2-12(15(17)10-13)9-14(20-18)4-1-11-5-7-19-8-6-11/h2-3,5-8,10,14,20H,1,4,9,18H2. The molecule has 0 spiro atoms. The number of hydrazine groups is 1. The third kappa shape index (κ3) is 4.08. The van der Waals surface area contributed by atoms with Crippen LogP contribution in [-0.4, -0.2) is 11.0 Å². The lowest BCUT2D eigenvalue weighted by Crippen LogP contribution is -2.37. The van der Waals surface area contributed by atoms with Gasteiger partial charge in [-0.05, 0) is 48.6 Å². The molecule has 0 radical (unpaired) electrons. The number of nitrogens with one attached hydrogen (secondary N) is 1.